The van der Waals surface area contributed by atoms with Crippen molar-refractivity contribution in [2.75, 3.05) is 18.9 Å². The molecule has 2 aromatic rings. The first kappa shape index (κ1) is 21.0. The number of nitrogens with one attached hydrogen (secondary N) is 2. The van der Waals surface area contributed by atoms with Gasteiger partial charge in [0.1, 0.15) is 12.4 Å². The minimum atomic E-state index is -0.0529. The fourth-order valence-electron chi connectivity index (χ4n) is 2.45. The van der Waals surface area contributed by atoms with Gasteiger partial charge in [0.05, 0.1) is 6.54 Å². The van der Waals surface area contributed by atoms with Crippen LogP contribution >= 0.6 is 12.4 Å². The van der Waals surface area contributed by atoms with E-state index in [0.29, 0.717) is 19.1 Å². The molecule has 0 aliphatic rings. The molecule has 2 rings (SSSR count). The molecule has 0 aromatic heterocycles. The Hall–Kier alpha value is -2.04. The third kappa shape index (κ3) is 6.40. The number of carbonyl (C=O) groups is 1. The summed E-state index contributed by atoms with van der Waals surface area (Å²) in [5.74, 6) is 1.31. The van der Waals surface area contributed by atoms with Crippen molar-refractivity contribution in [3.63, 3.8) is 0 Å². The predicted octanol–water partition coefficient (Wildman–Crippen LogP) is 4.28. The summed E-state index contributed by atoms with van der Waals surface area (Å²) in [5.41, 5.74) is 4.27. The van der Waals surface area contributed by atoms with Crippen LogP contribution < -0.4 is 15.4 Å². The van der Waals surface area contributed by atoms with Gasteiger partial charge in [0.2, 0.25) is 5.91 Å². The molecular weight excluding hydrogens is 336 g/mol. The molecule has 5 heteroatoms. The van der Waals surface area contributed by atoms with Crippen molar-refractivity contribution in [1.29, 1.82) is 0 Å². The van der Waals surface area contributed by atoms with Crippen molar-refractivity contribution < 1.29 is 9.53 Å². The molecule has 0 unspecified atom stereocenters. The van der Waals surface area contributed by atoms with E-state index < -0.39 is 0 Å². The Bertz CT molecular complexity index is 685. The number of aryl methyl sites for hydroxylation is 1. The molecule has 136 valence electrons. The van der Waals surface area contributed by atoms with Gasteiger partial charge >= 0.3 is 0 Å². The molecule has 4 nitrogen and oxygen atoms in total. The molecule has 0 aliphatic heterocycles. The lowest BCUT2D eigenvalue weighted by atomic mass is 10.0. The monoisotopic (exact) mass is 362 g/mol. The summed E-state index contributed by atoms with van der Waals surface area (Å²) >= 11 is 0. The molecule has 0 spiro atoms. The zero-order valence-corrected chi connectivity index (χ0v) is 16.1. The van der Waals surface area contributed by atoms with Crippen molar-refractivity contribution in [2.45, 2.75) is 33.3 Å². The number of benzene rings is 2. The van der Waals surface area contributed by atoms with Gasteiger partial charge in [-0.05, 0) is 54.8 Å². The molecule has 0 saturated heterocycles. The first-order valence-electron chi connectivity index (χ1n) is 8.26. The summed E-state index contributed by atoms with van der Waals surface area (Å²) in [7, 11) is 1.75. The zero-order chi connectivity index (χ0) is 17.5. The highest BCUT2D eigenvalue weighted by molar-refractivity contribution is 5.92. The van der Waals surface area contributed by atoms with Crippen molar-refractivity contribution in [1.82, 2.24) is 5.32 Å². The average Bonchev–Trinajstić information content (AvgIpc) is 2.54. The smallest absolute Gasteiger partial charge is 0.238 e. The van der Waals surface area contributed by atoms with Crippen molar-refractivity contribution >= 4 is 24.0 Å². The van der Waals surface area contributed by atoms with Crippen LogP contribution in [0.4, 0.5) is 5.69 Å². The van der Waals surface area contributed by atoms with Gasteiger partial charge in [0, 0.05) is 5.69 Å². The lowest BCUT2D eigenvalue weighted by Gasteiger charge is -2.15. The van der Waals surface area contributed by atoms with Crippen LogP contribution in [0.3, 0.4) is 0 Å². The van der Waals surface area contributed by atoms with Crippen LogP contribution in [0.2, 0.25) is 0 Å². The number of rotatable bonds is 7. The highest BCUT2D eigenvalue weighted by Gasteiger charge is 2.08. The number of hydrogen-bond donors (Lipinski definition) is 2. The van der Waals surface area contributed by atoms with Crippen molar-refractivity contribution in [3.8, 4) is 5.75 Å². The summed E-state index contributed by atoms with van der Waals surface area (Å²) in [6, 6.07) is 14.1. The second kappa shape index (κ2) is 10.1. The lowest BCUT2D eigenvalue weighted by molar-refractivity contribution is -0.115. The van der Waals surface area contributed by atoms with Gasteiger partial charge in [-0.2, -0.15) is 0 Å². The van der Waals surface area contributed by atoms with Crippen LogP contribution in [0, 0.1) is 6.92 Å². The molecule has 0 radical (unpaired) electrons. The largest absolute Gasteiger partial charge is 0.489 e. The minimum Gasteiger partial charge on any atom is -0.489 e. The molecule has 0 aliphatic carbocycles. The Morgan fingerprint density at radius 1 is 1.12 bits per heavy atom. The van der Waals surface area contributed by atoms with Gasteiger partial charge in [0.15, 0.2) is 0 Å². The number of likely N-dealkylation sites (N-methyl/N-ethyl adjacent to an activating group) is 1. The molecule has 0 fully saturated rings. The number of carbonyl (C=O) groups excluding carboxylic acids is 1. The summed E-state index contributed by atoms with van der Waals surface area (Å²) < 4.78 is 6.03. The first-order chi connectivity index (χ1) is 11.5. The fraction of sp³-hybridized carbons (Fsp3) is 0.350. The maximum absolute atomic E-state index is 11.5. The van der Waals surface area contributed by atoms with E-state index in [4.69, 9.17) is 4.74 Å². The van der Waals surface area contributed by atoms with Gasteiger partial charge in [0.25, 0.3) is 0 Å². The van der Waals surface area contributed by atoms with E-state index in [9.17, 15) is 4.79 Å². The van der Waals surface area contributed by atoms with Crippen LogP contribution in [-0.4, -0.2) is 19.5 Å². The number of anilines is 1. The standard InChI is InChI=1S/C20H26N2O2.ClH/c1-14(2)18-10-5-15(3)11-19(18)24-13-16-6-8-17(9-7-16)22-20(23)12-21-4;/h5-11,14,21H,12-13H2,1-4H3,(H,22,23);1H. The van der Waals surface area contributed by atoms with E-state index >= 15 is 0 Å². The topological polar surface area (TPSA) is 50.4 Å². The molecule has 0 saturated carbocycles. The van der Waals surface area contributed by atoms with Crippen molar-refractivity contribution in [2.24, 2.45) is 0 Å². The fourth-order valence-corrected chi connectivity index (χ4v) is 2.45. The molecular formula is C20H27ClN2O2. The van der Waals surface area contributed by atoms with E-state index in [2.05, 4.69) is 49.6 Å². The molecule has 25 heavy (non-hydrogen) atoms. The molecule has 2 N–H and O–H groups in total. The maximum atomic E-state index is 11.5. The Kier molecular flexibility index (Phi) is 8.46. The Morgan fingerprint density at radius 2 is 1.80 bits per heavy atom. The molecule has 1 amide bonds. The number of hydrogen-bond acceptors (Lipinski definition) is 3. The average molecular weight is 363 g/mol. The van der Waals surface area contributed by atoms with E-state index in [1.807, 2.05) is 24.3 Å². The van der Waals surface area contributed by atoms with Crippen LogP contribution in [0.1, 0.15) is 36.5 Å². The molecule has 0 atom stereocenters. The third-order valence-corrected chi connectivity index (χ3v) is 3.76. The zero-order valence-electron chi connectivity index (χ0n) is 15.3. The second-order valence-electron chi connectivity index (χ2n) is 6.26. The van der Waals surface area contributed by atoms with E-state index in [1.54, 1.807) is 7.05 Å². The highest BCUT2D eigenvalue weighted by atomic mass is 35.5. The van der Waals surface area contributed by atoms with Gasteiger partial charge in [-0.15, -0.1) is 12.4 Å². The predicted molar refractivity (Wildman–Crippen MR) is 106 cm³/mol. The number of amides is 1. The third-order valence-electron chi connectivity index (χ3n) is 3.76. The van der Waals surface area contributed by atoms with Crippen LogP contribution in [0.25, 0.3) is 0 Å². The van der Waals surface area contributed by atoms with Gasteiger partial charge in [-0.3, -0.25) is 4.79 Å². The molecule has 0 heterocycles. The Labute approximate surface area is 156 Å². The summed E-state index contributed by atoms with van der Waals surface area (Å²) in [5, 5.41) is 5.66. The van der Waals surface area contributed by atoms with E-state index in [-0.39, 0.29) is 18.3 Å². The molecule has 0 bridgehead atoms. The van der Waals surface area contributed by atoms with Crippen LogP contribution in [0.5, 0.6) is 5.75 Å². The Morgan fingerprint density at radius 3 is 2.40 bits per heavy atom. The lowest BCUT2D eigenvalue weighted by Crippen LogP contribution is -2.24. The first-order valence-corrected chi connectivity index (χ1v) is 8.26. The minimum absolute atomic E-state index is 0. The van der Waals surface area contributed by atoms with E-state index in [1.165, 1.54) is 11.1 Å². The van der Waals surface area contributed by atoms with Gasteiger partial charge < -0.3 is 15.4 Å². The quantitative estimate of drug-likeness (QED) is 0.773. The van der Waals surface area contributed by atoms with Crippen LogP contribution in [-0.2, 0) is 11.4 Å². The SMILES string of the molecule is CNCC(=O)Nc1ccc(COc2cc(C)ccc2C(C)C)cc1.Cl. The second-order valence-corrected chi connectivity index (χ2v) is 6.26. The normalized spacial score (nSPS) is 10.3. The molecule has 2 aromatic carbocycles. The maximum Gasteiger partial charge on any atom is 0.238 e. The Balaban J connectivity index is 0.00000312. The van der Waals surface area contributed by atoms with Gasteiger partial charge in [-0.25, -0.2) is 0 Å². The summed E-state index contributed by atoms with van der Waals surface area (Å²) in [4.78, 5) is 11.5. The van der Waals surface area contributed by atoms with E-state index in [0.717, 1.165) is 17.0 Å². The van der Waals surface area contributed by atoms with Crippen molar-refractivity contribution in [3.05, 3.63) is 59.2 Å². The number of halogens is 1. The summed E-state index contributed by atoms with van der Waals surface area (Å²) in [6.45, 7) is 7.21. The summed E-state index contributed by atoms with van der Waals surface area (Å²) in [6.07, 6.45) is 0. The number of ether oxygens (including phenoxy) is 1. The highest BCUT2D eigenvalue weighted by Crippen LogP contribution is 2.28. The van der Waals surface area contributed by atoms with Crippen LogP contribution in [0.15, 0.2) is 42.5 Å². The van der Waals surface area contributed by atoms with Gasteiger partial charge in [-0.1, -0.05) is 38.1 Å².